The van der Waals surface area contributed by atoms with Crippen LogP contribution in [-0.4, -0.2) is 50.8 Å². The minimum atomic E-state index is -1.23. The molecule has 0 aromatic rings. The summed E-state index contributed by atoms with van der Waals surface area (Å²) in [5, 5.41) is 7.90. The summed E-state index contributed by atoms with van der Waals surface area (Å²) in [6.07, 6.45) is 2.42. The maximum Gasteiger partial charge on any atom is 0.318 e. The van der Waals surface area contributed by atoms with Crippen molar-refractivity contribution < 1.29 is 14.1 Å². The molecule has 1 rings (SSSR count). The third-order valence-electron chi connectivity index (χ3n) is 2.55. The molecular weight excluding hydrogens is 202 g/mol. The second-order valence-electron chi connectivity index (χ2n) is 3.61. The summed E-state index contributed by atoms with van der Waals surface area (Å²) in [6.45, 7) is 4.41. The molecule has 0 amide bonds. The number of likely N-dealkylation sites (tertiary alicyclic amines) is 1. The first-order chi connectivity index (χ1) is 6.61. The summed E-state index contributed by atoms with van der Waals surface area (Å²) < 4.78 is 11.4. The van der Waals surface area contributed by atoms with Gasteiger partial charge in [0.05, 0.1) is 0 Å². The van der Waals surface area contributed by atoms with Gasteiger partial charge in [-0.3, -0.25) is 9.00 Å². The average Bonchev–Trinajstić information content (AvgIpc) is 2.65. The van der Waals surface area contributed by atoms with Gasteiger partial charge in [-0.1, -0.05) is 0 Å². The average molecular weight is 219 g/mol. The smallest absolute Gasteiger partial charge is 0.318 e. The second-order valence-corrected chi connectivity index (χ2v) is 5.49. The maximum absolute atomic E-state index is 11.4. The third kappa shape index (κ3) is 3.38. The minimum absolute atomic E-state index is 0.480. The fourth-order valence-corrected chi connectivity index (χ4v) is 2.53. The van der Waals surface area contributed by atoms with E-state index in [1.54, 1.807) is 0 Å². The standard InChI is InChI=1S/C9H17NO3S/c1-8(9(11)12)14(13)7-6-10-4-2-3-5-10/h8H,2-7H2,1H3,(H,11,12). The van der Waals surface area contributed by atoms with Gasteiger partial charge in [-0.15, -0.1) is 0 Å². The summed E-state index contributed by atoms with van der Waals surface area (Å²) in [5.74, 6) is -0.488. The highest BCUT2D eigenvalue weighted by Gasteiger charge is 2.20. The Morgan fingerprint density at radius 1 is 1.50 bits per heavy atom. The number of carboxylic acids is 1. The van der Waals surface area contributed by atoms with Gasteiger partial charge >= 0.3 is 5.97 Å². The van der Waals surface area contributed by atoms with Crippen LogP contribution in [0.15, 0.2) is 0 Å². The predicted octanol–water partition coefficient (Wildman–Crippen LogP) is 0.304. The van der Waals surface area contributed by atoms with E-state index >= 15 is 0 Å². The molecule has 4 nitrogen and oxygen atoms in total. The first kappa shape index (κ1) is 11.7. The van der Waals surface area contributed by atoms with E-state index in [1.807, 2.05) is 0 Å². The monoisotopic (exact) mass is 219 g/mol. The number of hydrogen-bond acceptors (Lipinski definition) is 3. The zero-order valence-corrected chi connectivity index (χ0v) is 9.26. The lowest BCUT2D eigenvalue weighted by molar-refractivity contribution is -0.136. The quantitative estimate of drug-likeness (QED) is 0.722. The Balaban J connectivity index is 2.23. The first-order valence-electron chi connectivity index (χ1n) is 4.93. The van der Waals surface area contributed by atoms with E-state index < -0.39 is 22.0 Å². The molecule has 1 aliphatic rings. The first-order valence-corrected chi connectivity index (χ1v) is 6.32. The molecule has 1 fully saturated rings. The molecule has 0 radical (unpaired) electrons. The van der Waals surface area contributed by atoms with Gasteiger partial charge in [-0.05, 0) is 32.9 Å². The molecule has 82 valence electrons. The molecule has 1 aliphatic heterocycles. The molecule has 1 heterocycles. The highest BCUT2D eigenvalue weighted by atomic mass is 32.2. The Kier molecular flexibility index (Phi) is 4.54. The Morgan fingerprint density at radius 3 is 2.57 bits per heavy atom. The van der Waals surface area contributed by atoms with E-state index in [2.05, 4.69) is 4.90 Å². The van der Waals surface area contributed by atoms with Gasteiger partial charge in [0.15, 0.2) is 0 Å². The number of rotatable bonds is 5. The highest BCUT2D eigenvalue weighted by Crippen LogP contribution is 2.07. The Labute approximate surface area is 86.7 Å². The molecule has 5 heteroatoms. The SMILES string of the molecule is CC(C(=O)O)S(=O)CCN1CCCC1. The number of carbonyl (C=O) groups is 1. The summed E-state index contributed by atoms with van der Waals surface area (Å²) >= 11 is 0. The molecule has 1 saturated heterocycles. The van der Waals surface area contributed by atoms with E-state index in [4.69, 9.17) is 5.11 Å². The van der Waals surface area contributed by atoms with Gasteiger partial charge < -0.3 is 10.0 Å². The largest absolute Gasteiger partial charge is 0.480 e. The van der Waals surface area contributed by atoms with Gasteiger partial charge in [0.1, 0.15) is 5.25 Å². The lowest BCUT2D eigenvalue weighted by Crippen LogP contribution is -2.30. The van der Waals surface area contributed by atoms with Crippen LogP contribution in [0.5, 0.6) is 0 Å². The third-order valence-corrected chi connectivity index (χ3v) is 4.12. The molecule has 2 unspecified atom stereocenters. The molecule has 0 saturated carbocycles. The van der Waals surface area contributed by atoms with Crippen LogP contribution in [-0.2, 0) is 15.6 Å². The van der Waals surface area contributed by atoms with Gasteiger partial charge in [-0.25, -0.2) is 0 Å². The van der Waals surface area contributed by atoms with Crippen LogP contribution in [0.25, 0.3) is 0 Å². The summed E-state index contributed by atoms with van der Waals surface area (Å²) in [6, 6.07) is 0. The number of carboxylic acid groups (broad SMARTS) is 1. The lowest BCUT2D eigenvalue weighted by atomic mass is 10.4. The van der Waals surface area contributed by atoms with Gasteiger partial charge in [-0.2, -0.15) is 0 Å². The topological polar surface area (TPSA) is 57.6 Å². The van der Waals surface area contributed by atoms with Crippen molar-refractivity contribution in [3.05, 3.63) is 0 Å². The van der Waals surface area contributed by atoms with E-state index in [9.17, 15) is 9.00 Å². The number of hydrogen-bond donors (Lipinski definition) is 1. The van der Waals surface area contributed by atoms with Crippen LogP contribution in [0.4, 0.5) is 0 Å². The van der Waals surface area contributed by atoms with Crippen LogP contribution in [0.2, 0.25) is 0 Å². The van der Waals surface area contributed by atoms with Crippen molar-refractivity contribution in [2.45, 2.75) is 25.0 Å². The molecule has 0 aromatic carbocycles. The zero-order valence-electron chi connectivity index (χ0n) is 8.44. The van der Waals surface area contributed by atoms with Crippen molar-refractivity contribution in [3.63, 3.8) is 0 Å². The molecule has 0 spiro atoms. The summed E-state index contributed by atoms with van der Waals surface area (Å²) in [4.78, 5) is 12.8. The molecule has 14 heavy (non-hydrogen) atoms. The molecule has 0 aliphatic carbocycles. The van der Waals surface area contributed by atoms with E-state index in [0.717, 1.165) is 19.6 Å². The van der Waals surface area contributed by atoms with Crippen LogP contribution in [0.3, 0.4) is 0 Å². The highest BCUT2D eigenvalue weighted by molar-refractivity contribution is 7.86. The normalized spacial score (nSPS) is 22.1. The maximum atomic E-state index is 11.4. The summed E-state index contributed by atoms with van der Waals surface area (Å²) in [7, 11) is -1.23. The van der Waals surface area contributed by atoms with Gasteiger partial charge in [0.2, 0.25) is 0 Å². The van der Waals surface area contributed by atoms with Crippen LogP contribution < -0.4 is 0 Å². The lowest BCUT2D eigenvalue weighted by Gasteiger charge is -2.14. The Bertz CT molecular complexity index is 226. The van der Waals surface area contributed by atoms with Crippen molar-refractivity contribution in [3.8, 4) is 0 Å². The fourth-order valence-electron chi connectivity index (χ4n) is 1.51. The molecule has 0 bridgehead atoms. The zero-order chi connectivity index (χ0) is 10.6. The van der Waals surface area contributed by atoms with E-state index in [1.165, 1.54) is 19.8 Å². The minimum Gasteiger partial charge on any atom is -0.480 e. The molecule has 2 atom stereocenters. The molecule has 0 aromatic heterocycles. The molecule has 1 N–H and O–H groups in total. The van der Waals surface area contributed by atoms with Crippen molar-refractivity contribution in [2.75, 3.05) is 25.4 Å². The van der Waals surface area contributed by atoms with E-state index in [0.29, 0.717) is 5.75 Å². The van der Waals surface area contributed by atoms with Crippen molar-refractivity contribution in [2.24, 2.45) is 0 Å². The summed E-state index contributed by atoms with van der Waals surface area (Å²) in [5.41, 5.74) is 0. The van der Waals surface area contributed by atoms with Crippen LogP contribution in [0.1, 0.15) is 19.8 Å². The van der Waals surface area contributed by atoms with Crippen molar-refractivity contribution in [1.29, 1.82) is 0 Å². The van der Waals surface area contributed by atoms with Crippen LogP contribution >= 0.6 is 0 Å². The van der Waals surface area contributed by atoms with Crippen molar-refractivity contribution in [1.82, 2.24) is 4.90 Å². The van der Waals surface area contributed by atoms with Gasteiger partial charge in [0.25, 0.3) is 0 Å². The Hall–Kier alpha value is -0.420. The predicted molar refractivity (Wildman–Crippen MR) is 55.8 cm³/mol. The van der Waals surface area contributed by atoms with Crippen molar-refractivity contribution >= 4 is 16.8 Å². The molecular formula is C9H17NO3S. The number of nitrogens with zero attached hydrogens (tertiary/aromatic N) is 1. The van der Waals surface area contributed by atoms with Crippen LogP contribution in [0, 0.1) is 0 Å². The Morgan fingerprint density at radius 2 is 2.07 bits per heavy atom. The van der Waals surface area contributed by atoms with Gasteiger partial charge in [0, 0.05) is 23.1 Å². The van der Waals surface area contributed by atoms with E-state index in [-0.39, 0.29) is 0 Å². The fraction of sp³-hybridized carbons (Fsp3) is 0.889. The second kappa shape index (κ2) is 5.46. The number of aliphatic carboxylic acids is 1.